The topological polar surface area (TPSA) is 34.1 Å². The van der Waals surface area contributed by atoms with Gasteiger partial charge in [0.05, 0.1) is 0 Å². The second-order valence-corrected chi connectivity index (χ2v) is 14.7. The predicted octanol–water partition coefficient (Wildman–Crippen LogP) is 5.73. The SMILES string of the molecule is O=P(c1ccccc1)(c1ccccc1)c1cc(Br)cc(P(=O)(c2ccccc2)c2ccccc2)c1. The van der Waals surface area contributed by atoms with Gasteiger partial charge < -0.3 is 9.13 Å². The van der Waals surface area contributed by atoms with Crippen molar-refractivity contribution in [2.45, 2.75) is 0 Å². The molecular formula is C30H23BrO2P2. The van der Waals surface area contributed by atoms with Crippen molar-refractivity contribution in [2.24, 2.45) is 0 Å². The number of halogens is 1. The van der Waals surface area contributed by atoms with E-state index in [9.17, 15) is 0 Å². The fraction of sp³-hybridized carbons (Fsp3) is 0. The molecule has 0 heterocycles. The summed E-state index contributed by atoms with van der Waals surface area (Å²) < 4.78 is 30.8. The molecule has 0 bridgehead atoms. The van der Waals surface area contributed by atoms with Crippen LogP contribution in [0.4, 0.5) is 0 Å². The quantitative estimate of drug-likeness (QED) is 0.250. The minimum Gasteiger partial charge on any atom is -0.309 e. The molecule has 0 amide bonds. The molecule has 172 valence electrons. The summed E-state index contributed by atoms with van der Waals surface area (Å²) in [7, 11) is -6.47. The highest BCUT2D eigenvalue weighted by molar-refractivity contribution is 9.10. The molecule has 2 nitrogen and oxygen atoms in total. The Morgan fingerprint density at radius 3 is 0.886 bits per heavy atom. The predicted molar refractivity (Wildman–Crippen MR) is 153 cm³/mol. The minimum atomic E-state index is -3.23. The Morgan fingerprint density at radius 1 is 0.371 bits per heavy atom. The van der Waals surface area contributed by atoms with E-state index in [2.05, 4.69) is 15.9 Å². The van der Waals surface area contributed by atoms with Crippen LogP contribution in [0.3, 0.4) is 0 Å². The average molecular weight is 557 g/mol. The zero-order chi connectivity index (χ0) is 24.3. The van der Waals surface area contributed by atoms with Gasteiger partial charge in [0.2, 0.25) is 0 Å². The molecule has 0 fully saturated rings. The molecule has 0 aromatic heterocycles. The van der Waals surface area contributed by atoms with Crippen LogP contribution in [-0.4, -0.2) is 0 Å². The van der Waals surface area contributed by atoms with Crippen molar-refractivity contribution in [1.29, 1.82) is 0 Å². The summed E-state index contributed by atoms with van der Waals surface area (Å²) in [4.78, 5) is 0. The fourth-order valence-electron chi connectivity index (χ4n) is 4.37. The Morgan fingerprint density at radius 2 is 0.629 bits per heavy atom. The van der Waals surface area contributed by atoms with E-state index in [0.29, 0.717) is 10.6 Å². The van der Waals surface area contributed by atoms with Crippen LogP contribution in [0.1, 0.15) is 0 Å². The second kappa shape index (κ2) is 9.96. The first-order valence-corrected chi connectivity index (χ1v) is 15.5. The van der Waals surface area contributed by atoms with E-state index in [1.165, 1.54) is 0 Å². The van der Waals surface area contributed by atoms with Gasteiger partial charge in [-0.15, -0.1) is 0 Å². The highest BCUT2D eigenvalue weighted by Gasteiger charge is 2.34. The Balaban J connectivity index is 1.81. The smallest absolute Gasteiger partial charge is 0.171 e. The maximum Gasteiger partial charge on any atom is 0.171 e. The highest BCUT2D eigenvalue weighted by atomic mass is 79.9. The lowest BCUT2D eigenvalue weighted by Gasteiger charge is -2.24. The zero-order valence-corrected chi connectivity index (χ0v) is 22.2. The second-order valence-electron chi connectivity index (χ2n) is 8.23. The lowest BCUT2D eigenvalue weighted by atomic mass is 10.3. The zero-order valence-electron chi connectivity index (χ0n) is 18.9. The third kappa shape index (κ3) is 4.41. The molecule has 5 heteroatoms. The normalized spacial score (nSPS) is 11.8. The van der Waals surface area contributed by atoms with Gasteiger partial charge in [0.15, 0.2) is 14.3 Å². The van der Waals surface area contributed by atoms with Crippen molar-refractivity contribution in [3.8, 4) is 0 Å². The van der Waals surface area contributed by atoms with Crippen molar-refractivity contribution in [3.05, 3.63) is 144 Å². The summed E-state index contributed by atoms with van der Waals surface area (Å²) in [6.07, 6.45) is 0. The summed E-state index contributed by atoms with van der Waals surface area (Å²) in [6, 6.07) is 43.8. The number of hydrogen-bond acceptors (Lipinski definition) is 2. The molecule has 0 radical (unpaired) electrons. The summed E-state index contributed by atoms with van der Waals surface area (Å²) >= 11 is 3.65. The molecule has 5 aromatic carbocycles. The maximum atomic E-state index is 15.0. The lowest BCUT2D eigenvalue weighted by molar-refractivity contribution is 0.592. The average Bonchev–Trinajstić information content (AvgIpc) is 2.93. The summed E-state index contributed by atoms with van der Waals surface area (Å²) in [5.41, 5.74) is 0. The molecule has 0 atom stereocenters. The third-order valence-corrected chi connectivity index (χ3v) is 12.6. The van der Waals surface area contributed by atoms with Crippen LogP contribution in [0, 0.1) is 0 Å². The molecule has 0 saturated heterocycles. The first-order chi connectivity index (χ1) is 17.0. The van der Waals surface area contributed by atoms with Gasteiger partial charge >= 0.3 is 0 Å². The van der Waals surface area contributed by atoms with Gasteiger partial charge in [-0.05, 0) is 18.2 Å². The standard InChI is InChI=1S/C30H23BrO2P2/c31-24-21-29(34(32,25-13-5-1-6-14-25)26-15-7-2-8-16-26)23-30(22-24)35(33,27-17-9-3-10-18-27)28-19-11-4-12-20-28/h1-23H. The maximum absolute atomic E-state index is 15.0. The van der Waals surface area contributed by atoms with Gasteiger partial charge in [-0.2, -0.15) is 0 Å². The molecule has 0 spiro atoms. The third-order valence-electron chi connectivity index (χ3n) is 6.07. The Labute approximate surface area is 214 Å². The number of benzene rings is 5. The largest absolute Gasteiger partial charge is 0.309 e. The van der Waals surface area contributed by atoms with Crippen LogP contribution in [0.2, 0.25) is 0 Å². The van der Waals surface area contributed by atoms with Gasteiger partial charge in [-0.1, -0.05) is 137 Å². The van der Waals surface area contributed by atoms with Crippen LogP contribution in [-0.2, 0) is 9.13 Å². The molecule has 0 unspecified atom stereocenters. The van der Waals surface area contributed by atoms with Crippen molar-refractivity contribution in [3.63, 3.8) is 0 Å². The Kier molecular flexibility index (Phi) is 6.76. The summed E-state index contributed by atoms with van der Waals surface area (Å²) in [6.45, 7) is 0. The van der Waals surface area contributed by atoms with Crippen LogP contribution in [0.25, 0.3) is 0 Å². The lowest BCUT2D eigenvalue weighted by Crippen LogP contribution is -2.30. The van der Waals surface area contributed by atoms with Gasteiger partial charge in [0.25, 0.3) is 0 Å². The van der Waals surface area contributed by atoms with E-state index in [0.717, 1.165) is 25.7 Å². The minimum absolute atomic E-state index is 0.645. The van der Waals surface area contributed by atoms with Gasteiger partial charge in [-0.25, -0.2) is 0 Å². The Hall–Kier alpha value is -2.96. The molecule has 0 aliphatic heterocycles. The van der Waals surface area contributed by atoms with E-state index in [1.807, 2.05) is 140 Å². The van der Waals surface area contributed by atoms with Gasteiger partial charge in [0, 0.05) is 36.3 Å². The number of rotatable bonds is 6. The van der Waals surface area contributed by atoms with E-state index in [-0.39, 0.29) is 0 Å². The van der Waals surface area contributed by atoms with E-state index in [1.54, 1.807) is 0 Å². The van der Waals surface area contributed by atoms with Crippen molar-refractivity contribution in [2.75, 3.05) is 0 Å². The van der Waals surface area contributed by atoms with Gasteiger partial charge in [0.1, 0.15) is 0 Å². The van der Waals surface area contributed by atoms with E-state index in [4.69, 9.17) is 0 Å². The first kappa shape index (κ1) is 23.8. The Bertz CT molecular complexity index is 1340. The molecule has 0 saturated carbocycles. The number of hydrogen-bond donors (Lipinski definition) is 0. The highest BCUT2D eigenvalue weighted by Crippen LogP contribution is 2.46. The van der Waals surface area contributed by atoms with Gasteiger partial charge in [-0.3, -0.25) is 0 Å². The molecule has 0 N–H and O–H groups in total. The van der Waals surface area contributed by atoms with Crippen LogP contribution >= 0.6 is 30.2 Å². The molecule has 35 heavy (non-hydrogen) atoms. The molecule has 5 aromatic rings. The van der Waals surface area contributed by atoms with Crippen molar-refractivity contribution in [1.82, 2.24) is 0 Å². The van der Waals surface area contributed by atoms with E-state index < -0.39 is 14.3 Å². The van der Waals surface area contributed by atoms with Crippen molar-refractivity contribution >= 4 is 62.0 Å². The van der Waals surface area contributed by atoms with Crippen LogP contribution in [0.5, 0.6) is 0 Å². The molecule has 0 aliphatic rings. The molecule has 5 rings (SSSR count). The molecular weight excluding hydrogens is 534 g/mol. The monoisotopic (exact) mass is 556 g/mol. The first-order valence-electron chi connectivity index (χ1n) is 11.3. The van der Waals surface area contributed by atoms with Crippen LogP contribution < -0.4 is 31.8 Å². The fourth-order valence-corrected chi connectivity index (χ4v) is 10.8. The summed E-state index contributed by atoms with van der Waals surface area (Å²) in [5, 5.41) is 4.25. The van der Waals surface area contributed by atoms with E-state index >= 15 is 9.13 Å². The van der Waals surface area contributed by atoms with Crippen LogP contribution in [0.15, 0.2) is 144 Å². The summed E-state index contributed by atoms with van der Waals surface area (Å²) in [5.74, 6) is 0. The van der Waals surface area contributed by atoms with Crippen molar-refractivity contribution < 1.29 is 9.13 Å². The molecule has 0 aliphatic carbocycles.